The maximum atomic E-state index is 12.3. The van der Waals surface area contributed by atoms with E-state index in [1.807, 2.05) is 31.2 Å². The predicted molar refractivity (Wildman–Crippen MR) is 150 cm³/mol. The van der Waals surface area contributed by atoms with E-state index in [0.29, 0.717) is 6.42 Å². The standard InChI is InChI=1S/C30H35BrO10/c1-7-21-8-10-22(11-9-21)13-23-14-24(12-16(2)26(23)31)30(36)29(40-20(6)35)28(39-19(5)34)27(38-18(4)33)25(41-30)15-37-17(3)32/h8-12,14,25,27-29,36H,7,13,15H2,1-6H3/t25-,27-,28+,29-,30+/m1/s1. The van der Waals surface area contributed by atoms with Crippen LogP contribution in [0.2, 0.25) is 0 Å². The van der Waals surface area contributed by atoms with Gasteiger partial charge in [-0.2, -0.15) is 0 Å². The van der Waals surface area contributed by atoms with Gasteiger partial charge in [-0.25, -0.2) is 0 Å². The van der Waals surface area contributed by atoms with Crippen molar-refractivity contribution in [2.24, 2.45) is 0 Å². The zero-order valence-electron chi connectivity index (χ0n) is 23.9. The highest BCUT2D eigenvalue weighted by molar-refractivity contribution is 9.10. The van der Waals surface area contributed by atoms with Crippen LogP contribution < -0.4 is 0 Å². The molecular formula is C30H35BrO10. The minimum absolute atomic E-state index is 0.191. The van der Waals surface area contributed by atoms with Gasteiger partial charge in [0, 0.05) is 37.7 Å². The highest BCUT2D eigenvalue weighted by Crippen LogP contribution is 2.42. The molecule has 222 valence electrons. The average molecular weight is 636 g/mol. The molecule has 0 amide bonds. The molecule has 10 nitrogen and oxygen atoms in total. The molecule has 1 heterocycles. The Morgan fingerprint density at radius 1 is 0.878 bits per heavy atom. The largest absolute Gasteiger partial charge is 0.463 e. The van der Waals surface area contributed by atoms with Gasteiger partial charge in [-0.15, -0.1) is 0 Å². The van der Waals surface area contributed by atoms with Crippen LogP contribution in [0.5, 0.6) is 0 Å². The van der Waals surface area contributed by atoms with Gasteiger partial charge in [0.1, 0.15) is 12.7 Å². The number of benzene rings is 2. The molecule has 3 rings (SSSR count). The van der Waals surface area contributed by atoms with E-state index < -0.39 is 60.7 Å². The summed E-state index contributed by atoms with van der Waals surface area (Å²) >= 11 is 3.64. The summed E-state index contributed by atoms with van der Waals surface area (Å²) in [5.41, 5.74) is 3.95. The third kappa shape index (κ3) is 7.93. The molecule has 2 aromatic carbocycles. The molecule has 0 aromatic heterocycles. The Morgan fingerprint density at radius 2 is 1.44 bits per heavy atom. The van der Waals surface area contributed by atoms with Gasteiger partial charge in [-0.05, 0) is 54.2 Å². The Hall–Kier alpha value is -3.28. The highest BCUT2D eigenvalue weighted by Gasteiger charge is 2.60. The first-order valence-electron chi connectivity index (χ1n) is 13.2. The van der Waals surface area contributed by atoms with Gasteiger partial charge < -0.3 is 28.8 Å². The van der Waals surface area contributed by atoms with E-state index in [4.69, 9.17) is 23.7 Å². The van der Waals surface area contributed by atoms with E-state index in [0.717, 1.165) is 48.4 Å². The molecule has 1 fully saturated rings. The van der Waals surface area contributed by atoms with Crippen molar-refractivity contribution in [3.05, 3.63) is 68.7 Å². The zero-order chi connectivity index (χ0) is 30.5. The SMILES string of the molecule is CCc1ccc(Cc2cc([C@]3(O)O[C@H](COC(C)=O)[C@@H](OC(C)=O)[C@H](OC(C)=O)[C@H]3OC(C)=O)cc(C)c2Br)cc1. The van der Waals surface area contributed by atoms with Gasteiger partial charge in [0.15, 0.2) is 12.2 Å². The summed E-state index contributed by atoms with van der Waals surface area (Å²) in [6.45, 7) is 8.00. The number of halogens is 1. The molecule has 2 aromatic rings. The van der Waals surface area contributed by atoms with Gasteiger partial charge in [0.05, 0.1) is 0 Å². The number of rotatable bonds is 9. The van der Waals surface area contributed by atoms with Gasteiger partial charge >= 0.3 is 23.9 Å². The number of carbonyl (C=O) groups is 4. The number of aryl methyl sites for hydroxylation is 2. The van der Waals surface area contributed by atoms with Crippen molar-refractivity contribution in [2.45, 2.75) is 84.6 Å². The second-order valence-electron chi connectivity index (χ2n) is 9.95. The van der Waals surface area contributed by atoms with Gasteiger partial charge in [-0.1, -0.05) is 47.1 Å². The lowest BCUT2D eigenvalue weighted by Gasteiger charge is -2.48. The normalized spacial score (nSPS) is 23.8. The Bertz CT molecular complexity index is 1290. The molecule has 0 bridgehead atoms. The summed E-state index contributed by atoms with van der Waals surface area (Å²) < 4.78 is 28.4. The van der Waals surface area contributed by atoms with Crippen LogP contribution in [-0.2, 0) is 61.5 Å². The fraction of sp³-hybridized carbons (Fsp3) is 0.467. The molecular weight excluding hydrogens is 600 g/mol. The highest BCUT2D eigenvalue weighted by atomic mass is 79.9. The topological polar surface area (TPSA) is 135 Å². The van der Waals surface area contributed by atoms with Gasteiger partial charge in [-0.3, -0.25) is 19.2 Å². The molecule has 0 saturated carbocycles. The summed E-state index contributed by atoms with van der Waals surface area (Å²) in [4.78, 5) is 48.1. The number of hydrogen-bond donors (Lipinski definition) is 1. The summed E-state index contributed by atoms with van der Waals surface area (Å²) in [5.74, 6) is -5.41. The zero-order valence-corrected chi connectivity index (χ0v) is 25.5. The van der Waals surface area contributed by atoms with Crippen molar-refractivity contribution < 1.29 is 48.0 Å². The Balaban J connectivity index is 2.17. The third-order valence-corrected chi connectivity index (χ3v) is 7.76. The number of aliphatic hydroxyl groups is 1. The van der Waals surface area contributed by atoms with E-state index in [-0.39, 0.29) is 5.56 Å². The van der Waals surface area contributed by atoms with E-state index in [1.54, 1.807) is 12.1 Å². The van der Waals surface area contributed by atoms with Crippen molar-refractivity contribution in [3.63, 3.8) is 0 Å². The molecule has 1 aliphatic rings. The van der Waals surface area contributed by atoms with Crippen LogP contribution in [0.3, 0.4) is 0 Å². The molecule has 0 unspecified atom stereocenters. The summed E-state index contributed by atoms with van der Waals surface area (Å²) in [5, 5.41) is 12.2. The summed E-state index contributed by atoms with van der Waals surface area (Å²) in [7, 11) is 0. The fourth-order valence-corrected chi connectivity index (χ4v) is 5.17. The van der Waals surface area contributed by atoms with Crippen molar-refractivity contribution in [1.29, 1.82) is 0 Å². The van der Waals surface area contributed by atoms with Crippen molar-refractivity contribution in [1.82, 2.24) is 0 Å². The smallest absolute Gasteiger partial charge is 0.303 e. The first-order chi connectivity index (χ1) is 19.2. The van der Waals surface area contributed by atoms with Crippen molar-refractivity contribution in [2.75, 3.05) is 6.61 Å². The molecule has 11 heteroatoms. The minimum Gasteiger partial charge on any atom is -0.463 e. The molecule has 1 N–H and O–H groups in total. The maximum Gasteiger partial charge on any atom is 0.303 e. The second kappa shape index (κ2) is 13.6. The van der Waals surface area contributed by atoms with E-state index in [2.05, 4.69) is 22.9 Å². The van der Waals surface area contributed by atoms with Crippen molar-refractivity contribution >= 4 is 39.8 Å². The van der Waals surface area contributed by atoms with Crippen LogP contribution >= 0.6 is 15.9 Å². The van der Waals surface area contributed by atoms with Crippen LogP contribution in [0.1, 0.15) is 62.4 Å². The summed E-state index contributed by atoms with van der Waals surface area (Å²) in [6.07, 6.45) is -4.43. The molecule has 41 heavy (non-hydrogen) atoms. The van der Waals surface area contributed by atoms with Crippen molar-refractivity contribution in [3.8, 4) is 0 Å². The van der Waals surface area contributed by atoms with E-state index >= 15 is 0 Å². The minimum atomic E-state index is -2.40. The lowest BCUT2D eigenvalue weighted by atomic mass is 9.85. The second-order valence-corrected chi connectivity index (χ2v) is 10.7. The van der Waals surface area contributed by atoms with Gasteiger partial charge in [0.2, 0.25) is 11.9 Å². The quantitative estimate of drug-likeness (QED) is 0.320. The average Bonchev–Trinajstić information content (AvgIpc) is 2.89. The first-order valence-corrected chi connectivity index (χ1v) is 14.0. The van der Waals surface area contributed by atoms with Crippen LogP contribution in [0.4, 0.5) is 0 Å². The third-order valence-electron chi connectivity index (χ3n) is 6.62. The first kappa shape index (κ1) is 32.2. The molecule has 0 spiro atoms. The van der Waals surface area contributed by atoms with Crippen LogP contribution in [0, 0.1) is 6.92 Å². The number of carbonyl (C=O) groups excluding carboxylic acids is 4. The Morgan fingerprint density at radius 3 is 1.98 bits per heavy atom. The Labute approximate surface area is 247 Å². The van der Waals surface area contributed by atoms with Crippen LogP contribution in [-0.4, -0.2) is 60.0 Å². The van der Waals surface area contributed by atoms with E-state index in [9.17, 15) is 24.3 Å². The maximum absolute atomic E-state index is 12.3. The molecule has 0 aliphatic carbocycles. The monoisotopic (exact) mass is 634 g/mol. The molecule has 1 aliphatic heterocycles. The predicted octanol–water partition coefficient (Wildman–Crippen LogP) is 3.81. The lowest BCUT2D eigenvalue weighted by molar-refractivity contribution is -0.360. The van der Waals surface area contributed by atoms with Crippen LogP contribution in [0.15, 0.2) is 40.9 Å². The fourth-order valence-electron chi connectivity index (χ4n) is 4.80. The Kier molecular flexibility index (Phi) is 10.7. The molecule has 1 saturated heterocycles. The molecule has 0 radical (unpaired) electrons. The molecule has 5 atom stereocenters. The summed E-state index contributed by atoms with van der Waals surface area (Å²) in [6, 6.07) is 11.5. The number of esters is 4. The number of hydrogen-bond acceptors (Lipinski definition) is 10. The lowest BCUT2D eigenvalue weighted by Crippen LogP contribution is -2.66. The van der Waals surface area contributed by atoms with Gasteiger partial charge in [0.25, 0.3) is 0 Å². The van der Waals surface area contributed by atoms with Crippen LogP contribution in [0.25, 0.3) is 0 Å². The number of ether oxygens (including phenoxy) is 5. The van der Waals surface area contributed by atoms with E-state index in [1.165, 1.54) is 12.5 Å².